The molecule has 1 aliphatic rings. The van der Waals surface area contributed by atoms with Crippen LogP contribution in [0.25, 0.3) is 5.65 Å². The molecule has 2 atom stereocenters. The second kappa shape index (κ2) is 7.74. The largest absolute Gasteiger partial charge is 0.366 e. The number of hydrogen-bond acceptors (Lipinski definition) is 6. The average molecular weight is 404 g/mol. The van der Waals surface area contributed by atoms with E-state index in [0.29, 0.717) is 11.5 Å². The predicted octanol–water partition coefficient (Wildman–Crippen LogP) is 2.33. The third kappa shape index (κ3) is 3.90. The molecule has 4 rings (SSSR count). The molecule has 0 unspecified atom stereocenters. The molecule has 0 saturated heterocycles. The smallest absolute Gasteiger partial charge is 0.284 e. The van der Waals surface area contributed by atoms with Crippen LogP contribution < -0.4 is 16.4 Å². The van der Waals surface area contributed by atoms with Gasteiger partial charge in [-0.05, 0) is 18.9 Å². The molecular weight excluding hydrogens is 382 g/mol. The summed E-state index contributed by atoms with van der Waals surface area (Å²) < 4.78 is 28.9. The Kier molecular flexibility index (Phi) is 5.14. The summed E-state index contributed by atoms with van der Waals surface area (Å²) in [5.74, 6) is -0.00188. The maximum atomic E-state index is 13.1. The number of anilines is 2. The number of nitrogens with zero attached hydrogens (tertiary/aromatic N) is 5. The highest BCUT2D eigenvalue weighted by molar-refractivity contribution is 6.08. The van der Waals surface area contributed by atoms with E-state index in [0.717, 1.165) is 25.7 Å². The number of carbonyl (C=O) groups excluding carboxylic acids is 1. The summed E-state index contributed by atoms with van der Waals surface area (Å²) in [5, 5.41) is 13.6. The summed E-state index contributed by atoms with van der Waals surface area (Å²) in [6.07, 6.45) is 5.70. The predicted molar refractivity (Wildman–Crippen MR) is 103 cm³/mol. The van der Waals surface area contributed by atoms with E-state index < -0.39 is 18.0 Å². The van der Waals surface area contributed by atoms with Crippen molar-refractivity contribution >= 4 is 23.1 Å². The lowest BCUT2D eigenvalue weighted by Gasteiger charge is -2.29. The number of fused-ring (bicyclic) bond motifs is 1. The molecule has 1 saturated carbocycles. The van der Waals surface area contributed by atoms with Gasteiger partial charge in [0.05, 0.1) is 11.9 Å². The molecule has 0 spiro atoms. The van der Waals surface area contributed by atoms with Gasteiger partial charge in [-0.2, -0.15) is 10.2 Å². The summed E-state index contributed by atoms with van der Waals surface area (Å²) in [4.78, 5) is 17.2. The van der Waals surface area contributed by atoms with E-state index >= 15 is 0 Å². The minimum Gasteiger partial charge on any atom is -0.366 e. The minimum absolute atomic E-state index is 0.0469. The van der Waals surface area contributed by atoms with Crippen LogP contribution in [-0.2, 0) is 7.05 Å². The number of hydrogen-bond donors (Lipinski definition) is 3. The quantitative estimate of drug-likeness (QED) is 0.601. The van der Waals surface area contributed by atoms with E-state index in [1.807, 2.05) is 0 Å². The first-order valence-electron chi connectivity index (χ1n) is 9.42. The van der Waals surface area contributed by atoms with Crippen LogP contribution in [0.4, 0.5) is 20.3 Å². The number of nitrogens with one attached hydrogen (secondary N) is 2. The van der Waals surface area contributed by atoms with Crippen molar-refractivity contribution in [3.8, 4) is 0 Å². The fourth-order valence-electron chi connectivity index (χ4n) is 3.59. The molecule has 4 N–H and O–H groups in total. The Morgan fingerprint density at radius 2 is 2.14 bits per heavy atom. The first-order chi connectivity index (χ1) is 13.9. The maximum absolute atomic E-state index is 13.1. The molecule has 154 valence electrons. The van der Waals surface area contributed by atoms with Crippen LogP contribution in [-0.4, -0.2) is 42.4 Å². The monoisotopic (exact) mass is 404 g/mol. The highest BCUT2D eigenvalue weighted by Crippen LogP contribution is 2.26. The molecule has 29 heavy (non-hydrogen) atoms. The molecule has 0 radical (unpaired) electrons. The van der Waals surface area contributed by atoms with E-state index in [9.17, 15) is 13.6 Å². The van der Waals surface area contributed by atoms with Crippen molar-refractivity contribution in [3.63, 3.8) is 0 Å². The summed E-state index contributed by atoms with van der Waals surface area (Å²) in [5.41, 5.74) is 6.14. The molecule has 0 aromatic carbocycles. The van der Waals surface area contributed by atoms with E-state index in [-0.39, 0.29) is 23.3 Å². The van der Waals surface area contributed by atoms with Crippen molar-refractivity contribution in [2.75, 3.05) is 10.6 Å². The van der Waals surface area contributed by atoms with E-state index in [2.05, 4.69) is 25.8 Å². The number of rotatable bonds is 5. The Bertz CT molecular complexity index is 1030. The van der Waals surface area contributed by atoms with Gasteiger partial charge in [0, 0.05) is 31.5 Å². The zero-order valence-corrected chi connectivity index (χ0v) is 15.8. The minimum atomic E-state index is -2.80. The van der Waals surface area contributed by atoms with E-state index in [1.54, 1.807) is 12.3 Å². The number of nitrogens with two attached hydrogens (primary N) is 1. The lowest BCUT2D eigenvalue weighted by atomic mass is 9.91. The summed E-state index contributed by atoms with van der Waals surface area (Å²) in [7, 11) is 1.51. The number of amides is 1. The number of carbonyl (C=O) groups is 1. The van der Waals surface area contributed by atoms with Crippen LogP contribution in [0, 0.1) is 0 Å². The van der Waals surface area contributed by atoms with Crippen LogP contribution in [0.15, 0.2) is 24.7 Å². The van der Waals surface area contributed by atoms with Gasteiger partial charge in [-0.15, -0.1) is 0 Å². The fourth-order valence-corrected chi connectivity index (χ4v) is 3.59. The van der Waals surface area contributed by atoms with Crippen molar-refractivity contribution in [1.82, 2.24) is 24.4 Å². The van der Waals surface area contributed by atoms with Crippen molar-refractivity contribution < 1.29 is 13.6 Å². The lowest BCUT2D eigenvalue weighted by Crippen LogP contribution is -2.42. The molecule has 1 fully saturated rings. The van der Waals surface area contributed by atoms with Crippen molar-refractivity contribution in [2.24, 2.45) is 12.8 Å². The van der Waals surface area contributed by atoms with E-state index in [4.69, 9.17) is 5.73 Å². The third-order valence-electron chi connectivity index (χ3n) is 5.08. The Labute approximate surface area is 165 Å². The molecule has 1 aliphatic carbocycles. The van der Waals surface area contributed by atoms with Crippen LogP contribution in [0.5, 0.6) is 0 Å². The molecule has 3 aromatic rings. The second-order valence-corrected chi connectivity index (χ2v) is 7.19. The standard InChI is InChI=1S/C18H22F2N8O/c1-27-9-13(15(26-27)16(19)20)24-18(29)10-8-22-28-7-6-14(25-17(10)28)23-12-5-3-2-4-11(12)21/h6-9,11-12,16H,2-5,21H2,1H3,(H,23,25)(H,24,29)/t11-,12+/m0/s1. The van der Waals surface area contributed by atoms with Gasteiger partial charge in [-0.25, -0.2) is 18.3 Å². The molecular formula is C18H22F2N8O. The van der Waals surface area contributed by atoms with Crippen LogP contribution in [0.3, 0.4) is 0 Å². The first-order valence-corrected chi connectivity index (χ1v) is 9.42. The number of aryl methyl sites for hydroxylation is 1. The number of halogens is 2. The highest BCUT2D eigenvalue weighted by Gasteiger charge is 2.24. The van der Waals surface area contributed by atoms with Gasteiger partial charge in [0.1, 0.15) is 11.4 Å². The summed E-state index contributed by atoms with van der Waals surface area (Å²) in [6.45, 7) is 0. The second-order valence-electron chi connectivity index (χ2n) is 7.19. The normalized spacial score (nSPS) is 19.6. The molecule has 3 aromatic heterocycles. The molecule has 1 amide bonds. The third-order valence-corrected chi connectivity index (χ3v) is 5.08. The van der Waals surface area contributed by atoms with Crippen molar-refractivity contribution in [2.45, 2.75) is 44.2 Å². The zero-order chi connectivity index (χ0) is 20.5. The molecule has 9 nitrogen and oxygen atoms in total. The Hall–Kier alpha value is -3.08. The van der Waals surface area contributed by atoms with Gasteiger partial charge in [0.25, 0.3) is 12.3 Å². The lowest BCUT2D eigenvalue weighted by molar-refractivity contribution is 0.102. The van der Waals surface area contributed by atoms with Gasteiger partial charge < -0.3 is 16.4 Å². The van der Waals surface area contributed by atoms with Crippen LogP contribution in [0.1, 0.15) is 48.2 Å². The van der Waals surface area contributed by atoms with Gasteiger partial charge in [0.15, 0.2) is 11.3 Å². The maximum Gasteiger partial charge on any atom is 0.284 e. The van der Waals surface area contributed by atoms with Crippen LogP contribution in [0.2, 0.25) is 0 Å². The average Bonchev–Trinajstić information content (AvgIpc) is 3.26. The van der Waals surface area contributed by atoms with Gasteiger partial charge >= 0.3 is 0 Å². The first kappa shape index (κ1) is 19.2. The van der Waals surface area contributed by atoms with Gasteiger partial charge in [0.2, 0.25) is 0 Å². The Balaban J connectivity index is 1.58. The molecule has 11 heteroatoms. The van der Waals surface area contributed by atoms with Crippen molar-refractivity contribution in [1.29, 1.82) is 0 Å². The number of alkyl halides is 2. The van der Waals surface area contributed by atoms with Gasteiger partial charge in [-0.1, -0.05) is 12.8 Å². The summed E-state index contributed by atoms with van der Waals surface area (Å²) >= 11 is 0. The van der Waals surface area contributed by atoms with Crippen molar-refractivity contribution in [3.05, 3.63) is 35.9 Å². The summed E-state index contributed by atoms with van der Waals surface area (Å²) in [6, 6.07) is 1.93. The fraction of sp³-hybridized carbons (Fsp3) is 0.444. The number of aromatic nitrogens is 5. The van der Waals surface area contributed by atoms with Gasteiger partial charge in [-0.3, -0.25) is 9.48 Å². The van der Waals surface area contributed by atoms with E-state index in [1.165, 1.54) is 28.6 Å². The molecule has 3 heterocycles. The Morgan fingerprint density at radius 3 is 2.90 bits per heavy atom. The SMILES string of the molecule is Cn1cc(NC(=O)c2cnn3ccc(N[C@@H]4CCCC[C@@H]4N)nc23)c(C(F)F)n1. The van der Waals surface area contributed by atoms with Crippen LogP contribution >= 0.6 is 0 Å². The highest BCUT2D eigenvalue weighted by atomic mass is 19.3. The zero-order valence-electron chi connectivity index (χ0n) is 15.8. The molecule has 0 bridgehead atoms. The molecule has 0 aliphatic heterocycles. The Morgan fingerprint density at radius 1 is 1.34 bits per heavy atom. The topological polar surface area (TPSA) is 115 Å².